The van der Waals surface area contributed by atoms with Gasteiger partial charge in [-0.05, 0) is 19.2 Å². The van der Waals surface area contributed by atoms with Crippen LogP contribution in [0, 0.1) is 11.6 Å². The van der Waals surface area contributed by atoms with Crippen LogP contribution >= 0.6 is 0 Å². The first-order valence-electron chi connectivity index (χ1n) is 5.59. The van der Waals surface area contributed by atoms with Crippen LogP contribution in [0.25, 0.3) is 0 Å². The first-order chi connectivity index (χ1) is 9.45. The molecular formula is C11H12F2N4O2S. The highest BCUT2D eigenvalue weighted by molar-refractivity contribution is 7.92. The summed E-state index contributed by atoms with van der Waals surface area (Å²) in [6.45, 7) is 0.243. The number of rotatable bonds is 5. The maximum absolute atomic E-state index is 13.5. The maximum Gasteiger partial charge on any atom is 0.279 e. The largest absolute Gasteiger partial charge is 0.316 e. The molecule has 0 saturated carbocycles. The lowest BCUT2D eigenvalue weighted by atomic mass is 10.3. The minimum Gasteiger partial charge on any atom is -0.316 e. The number of aromatic amines is 1. The van der Waals surface area contributed by atoms with Crippen LogP contribution in [0.15, 0.2) is 29.4 Å². The topological polar surface area (TPSA) is 86.9 Å². The van der Waals surface area contributed by atoms with Crippen molar-refractivity contribution in [2.45, 2.75) is 11.6 Å². The van der Waals surface area contributed by atoms with Gasteiger partial charge in [0, 0.05) is 12.1 Å². The predicted octanol–water partition coefficient (Wildman–Crippen LogP) is 1.21. The number of anilines is 1. The average molecular weight is 302 g/mol. The van der Waals surface area contributed by atoms with Gasteiger partial charge in [0.15, 0.2) is 5.03 Å². The fraction of sp³-hybridized carbons (Fsp3) is 0.182. The molecular weight excluding hydrogens is 290 g/mol. The van der Waals surface area contributed by atoms with Gasteiger partial charge in [0.25, 0.3) is 10.0 Å². The van der Waals surface area contributed by atoms with Crippen LogP contribution in [0.2, 0.25) is 0 Å². The molecule has 0 aliphatic rings. The first-order valence-corrected chi connectivity index (χ1v) is 7.07. The van der Waals surface area contributed by atoms with Gasteiger partial charge in [0.05, 0.1) is 6.20 Å². The van der Waals surface area contributed by atoms with Crippen LogP contribution in [-0.4, -0.2) is 25.7 Å². The molecule has 0 spiro atoms. The van der Waals surface area contributed by atoms with Crippen molar-refractivity contribution in [3.63, 3.8) is 0 Å². The smallest absolute Gasteiger partial charge is 0.279 e. The monoisotopic (exact) mass is 302 g/mol. The lowest BCUT2D eigenvalue weighted by Crippen LogP contribution is -2.18. The van der Waals surface area contributed by atoms with Crippen molar-refractivity contribution < 1.29 is 17.2 Å². The minimum atomic E-state index is -4.16. The molecule has 20 heavy (non-hydrogen) atoms. The molecule has 2 aromatic rings. The Morgan fingerprint density at radius 1 is 1.30 bits per heavy atom. The number of benzene rings is 1. The summed E-state index contributed by atoms with van der Waals surface area (Å²) in [6.07, 6.45) is 1.32. The maximum atomic E-state index is 13.5. The van der Waals surface area contributed by atoms with Crippen molar-refractivity contribution in [2.24, 2.45) is 0 Å². The van der Waals surface area contributed by atoms with E-state index in [1.165, 1.54) is 6.20 Å². The molecule has 2 rings (SSSR count). The summed E-state index contributed by atoms with van der Waals surface area (Å²) in [5.74, 6) is -1.99. The molecule has 0 fully saturated rings. The summed E-state index contributed by atoms with van der Waals surface area (Å²) in [6, 6.07) is 3.07. The van der Waals surface area contributed by atoms with Gasteiger partial charge in [-0.2, -0.15) is 13.5 Å². The number of hydrogen-bond donors (Lipinski definition) is 3. The molecule has 0 amide bonds. The highest BCUT2D eigenvalue weighted by Gasteiger charge is 2.23. The van der Waals surface area contributed by atoms with Gasteiger partial charge in [0.1, 0.15) is 17.3 Å². The van der Waals surface area contributed by atoms with Crippen LogP contribution < -0.4 is 10.0 Å². The number of hydrogen-bond acceptors (Lipinski definition) is 4. The van der Waals surface area contributed by atoms with E-state index in [2.05, 4.69) is 15.5 Å². The summed E-state index contributed by atoms with van der Waals surface area (Å²) >= 11 is 0. The second-order valence-electron chi connectivity index (χ2n) is 3.96. The van der Waals surface area contributed by atoms with Crippen molar-refractivity contribution in [1.82, 2.24) is 15.5 Å². The van der Waals surface area contributed by atoms with Gasteiger partial charge in [-0.15, -0.1) is 0 Å². The van der Waals surface area contributed by atoms with Crippen molar-refractivity contribution in [3.8, 4) is 0 Å². The van der Waals surface area contributed by atoms with Crippen LogP contribution in [-0.2, 0) is 16.6 Å². The van der Waals surface area contributed by atoms with Crippen molar-refractivity contribution >= 4 is 15.7 Å². The Morgan fingerprint density at radius 2 is 1.95 bits per heavy atom. The molecule has 0 saturated heterocycles. The lowest BCUT2D eigenvalue weighted by molar-refractivity contribution is 0.580. The summed E-state index contributed by atoms with van der Waals surface area (Å²) in [4.78, 5) is 0. The van der Waals surface area contributed by atoms with E-state index in [-0.39, 0.29) is 11.6 Å². The molecule has 0 radical (unpaired) electrons. The minimum absolute atomic E-state index is 0.241. The fourth-order valence-electron chi connectivity index (χ4n) is 1.63. The van der Waals surface area contributed by atoms with E-state index in [0.29, 0.717) is 5.56 Å². The summed E-state index contributed by atoms with van der Waals surface area (Å²) in [5.41, 5.74) is -0.366. The van der Waals surface area contributed by atoms with Gasteiger partial charge in [-0.3, -0.25) is 9.82 Å². The average Bonchev–Trinajstić information content (AvgIpc) is 2.84. The van der Waals surface area contributed by atoms with E-state index in [0.717, 1.165) is 18.2 Å². The molecule has 1 heterocycles. The standard InChI is InChI=1S/C11H12F2N4O2S/c1-14-5-7-6-15-16-11(7)20(18,19)17-10-8(12)3-2-4-9(10)13/h2-4,6,14,17H,5H2,1H3,(H,15,16). The number of nitrogens with one attached hydrogen (secondary N) is 3. The second-order valence-corrected chi connectivity index (χ2v) is 5.58. The summed E-state index contributed by atoms with van der Waals surface area (Å²) in [5, 5.41) is 8.45. The molecule has 1 aromatic heterocycles. The number of aromatic nitrogens is 2. The highest BCUT2D eigenvalue weighted by atomic mass is 32.2. The Kier molecular flexibility index (Phi) is 4.00. The van der Waals surface area contributed by atoms with Gasteiger partial charge in [0.2, 0.25) is 0 Å². The van der Waals surface area contributed by atoms with Gasteiger partial charge >= 0.3 is 0 Å². The number of sulfonamides is 1. The van der Waals surface area contributed by atoms with E-state index in [1.807, 2.05) is 4.72 Å². The molecule has 1 aromatic carbocycles. The van der Waals surface area contributed by atoms with Crippen LogP contribution in [0.4, 0.5) is 14.5 Å². The number of H-pyrrole nitrogens is 1. The van der Waals surface area contributed by atoms with Gasteiger partial charge < -0.3 is 5.32 Å². The molecule has 6 nitrogen and oxygen atoms in total. The molecule has 0 aliphatic carbocycles. The van der Waals surface area contributed by atoms with E-state index in [9.17, 15) is 17.2 Å². The Bertz CT molecular complexity index is 695. The lowest BCUT2D eigenvalue weighted by Gasteiger charge is -2.09. The molecule has 0 atom stereocenters. The zero-order chi connectivity index (χ0) is 14.8. The third-order valence-electron chi connectivity index (χ3n) is 2.51. The fourth-order valence-corrected chi connectivity index (χ4v) is 2.84. The van der Waals surface area contributed by atoms with Crippen LogP contribution in [0.3, 0.4) is 0 Å². The van der Waals surface area contributed by atoms with Crippen molar-refractivity contribution in [2.75, 3.05) is 11.8 Å². The van der Waals surface area contributed by atoms with Gasteiger partial charge in [-0.1, -0.05) is 6.07 Å². The Labute approximate surface area is 114 Å². The zero-order valence-electron chi connectivity index (χ0n) is 10.4. The Balaban J connectivity index is 2.39. The number of halogens is 2. The van der Waals surface area contributed by atoms with E-state index < -0.39 is 27.3 Å². The first kappa shape index (κ1) is 14.4. The Morgan fingerprint density at radius 3 is 2.55 bits per heavy atom. The molecule has 9 heteroatoms. The summed E-state index contributed by atoms with van der Waals surface area (Å²) in [7, 11) is -2.52. The van der Waals surface area contributed by atoms with Gasteiger partial charge in [-0.25, -0.2) is 8.78 Å². The predicted molar refractivity (Wildman–Crippen MR) is 68.5 cm³/mol. The second kappa shape index (κ2) is 5.55. The molecule has 0 bridgehead atoms. The molecule has 0 aliphatic heterocycles. The quantitative estimate of drug-likeness (QED) is 0.775. The van der Waals surface area contributed by atoms with E-state index >= 15 is 0 Å². The number of para-hydroxylation sites is 1. The van der Waals surface area contributed by atoms with Crippen LogP contribution in [0.5, 0.6) is 0 Å². The summed E-state index contributed by atoms with van der Waals surface area (Å²) < 4.78 is 53.0. The molecule has 108 valence electrons. The molecule has 0 unspecified atom stereocenters. The zero-order valence-corrected chi connectivity index (χ0v) is 11.3. The Hall–Kier alpha value is -2.00. The van der Waals surface area contributed by atoms with E-state index in [1.54, 1.807) is 7.05 Å². The van der Waals surface area contributed by atoms with E-state index in [4.69, 9.17) is 0 Å². The third-order valence-corrected chi connectivity index (χ3v) is 3.88. The van der Waals surface area contributed by atoms with Crippen molar-refractivity contribution in [3.05, 3.63) is 41.6 Å². The van der Waals surface area contributed by atoms with Crippen LogP contribution in [0.1, 0.15) is 5.56 Å². The normalized spacial score (nSPS) is 11.6. The molecule has 3 N–H and O–H groups in total. The third kappa shape index (κ3) is 2.78. The highest BCUT2D eigenvalue weighted by Crippen LogP contribution is 2.22. The van der Waals surface area contributed by atoms with Crippen molar-refractivity contribution in [1.29, 1.82) is 0 Å². The SMILES string of the molecule is CNCc1cn[nH]c1S(=O)(=O)Nc1c(F)cccc1F. The number of nitrogens with zero attached hydrogens (tertiary/aromatic N) is 1.